The zero-order valence-corrected chi connectivity index (χ0v) is 13.0. The van der Waals surface area contributed by atoms with Crippen molar-refractivity contribution >= 4 is 10.0 Å². The molecule has 0 spiro atoms. The second-order valence-corrected chi connectivity index (χ2v) is 8.02. The van der Waals surface area contributed by atoms with Crippen LogP contribution in [0, 0.1) is 11.8 Å². The van der Waals surface area contributed by atoms with Crippen LogP contribution in [0.5, 0.6) is 0 Å². The highest BCUT2D eigenvalue weighted by Gasteiger charge is 2.29. The smallest absolute Gasteiger partial charge is 0.208 e. The van der Waals surface area contributed by atoms with E-state index in [0.717, 1.165) is 32.0 Å². The molecule has 0 bridgehead atoms. The van der Waals surface area contributed by atoms with Gasteiger partial charge >= 0.3 is 0 Å². The Balaban J connectivity index is 1.88. The van der Waals surface area contributed by atoms with Crippen LogP contribution in [0.2, 0.25) is 0 Å². The minimum Gasteiger partial charge on any atom is -0.301 e. The van der Waals surface area contributed by atoms with E-state index >= 15 is 0 Å². The van der Waals surface area contributed by atoms with Crippen LogP contribution in [0.1, 0.15) is 33.1 Å². The first-order valence-corrected chi connectivity index (χ1v) is 9.10. The highest BCUT2D eigenvalue weighted by molar-refractivity contribution is 7.88. The third kappa shape index (κ3) is 4.29. The molecule has 5 heteroatoms. The first kappa shape index (κ1) is 15.0. The van der Waals surface area contributed by atoms with E-state index in [4.69, 9.17) is 0 Å². The summed E-state index contributed by atoms with van der Waals surface area (Å²) in [5.74, 6) is 1.39. The van der Waals surface area contributed by atoms with Gasteiger partial charge in [-0.1, -0.05) is 18.6 Å². The van der Waals surface area contributed by atoms with E-state index < -0.39 is 10.0 Å². The largest absolute Gasteiger partial charge is 0.301 e. The Hall–Kier alpha value is -0.390. The molecule has 0 unspecified atom stereocenters. The maximum absolute atomic E-state index is 11.2. The minimum atomic E-state index is -3.07. The number of hydrogen-bond donors (Lipinski definition) is 1. The Bertz CT molecular complexity index is 444. The van der Waals surface area contributed by atoms with Crippen molar-refractivity contribution in [3.63, 3.8) is 0 Å². The molecule has 0 saturated carbocycles. The highest BCUT2D eigenvalue weighted by Crippen LogP contribution is 2.31. The molecular formula is C14H26N2O2S. The summed E-state index contributed by atoms with van der Waals surface area (Å²) in [5, 5.41) is 0. The lowest BCUT2D eigenvalue weighted by Crippen LogP contribution is -2.38. The Morgan fingerprint density at radius 3 is 2.79 bits per heavy atom. The molecule has 110 valence electrons. The van der Waals surface area contributed by atoms with Crippen molar-refractivity contribution in [2.24, 2.45) is 11.8 Å². The molecule has 1 saturated heterocycles. The van der Waals surface area contributed by atoms with E-state index in [-0.39, 0.29) is 6.04 Å². The third-order valence-corrected chi connectivity index (χ3v) is 5.23. The molecule has 1 aliphatic heterocycles. The number of likely N-dealkylation sites (tertiary alicyclic amines) is 1. The lowest BCUT2D eigenvalue weighted by atomic mass is 9.80. The summed E-state index contributed by atoms with van der Waals surface area (Å²) in [6.07, 6.45) is 7.03. The van der Waals surface area contributed by atoms with E-state index in [1.165, 1.54) is 24.7 Å². The number of sulfonamides is 1. The van der Waals surface area contributed by atoms with Crippen molar-refractivity contribution in [2.75, 3.05) is 25.9 Å². The lowest BCUT2D eigenvalue weighted by Gasteiger charge is -2.32. The van der Waals surface area contributed by atoms with Gasteiger partial charge in [0.1, 0.15) is 0 Å². The summed E-state index contributed by atoms with van der Waals surface area (Å²) in [4.78, 5) is 2.41. The highest BCUT2D eigenvalue weighted by atomic mass is 32.2. The molecular weight excluding hydrogens is 260 g/mol. The predicted molar refractivity (Wildman–Crippen MR) is 78.5 cm³/mol. The standard InChI is InChI=1S/C14H26N2O2S/c1-11-5-4-6-12(2)14(11)10-16-8-7-13(9-16)15-19(3,17)18/h5,12-15H,4,6-10H2,1-3H3/t12-,13-,14-/m0/s1. The first-order chi connectivity index (χ1) is 8.85. The summed E-state index contributed by atoms with van der Waals surface area (Å²) >= 11 is 0. The normalized spacial score (nSPS) is 33.4. The second kappa shape index (κ2) is 5.94. The molecule has 1 heterocycles. The van der Waals surface area contributed by atoms with Crippen LogP contribution in [0.15, 0.2) is 11.6 Å². The lowest BCUT2D eigenvalue weighted by molar-refractivity contribution is 0.237. The number of nitrogens with zero attached hydrogens (tertiary/aromatic N) is 1. The van der Waals surface area contributed by atoms with Gasteiger partial charge in [-0.15, -0.1) is 0 Å². The maximum Gasteiger partial charge on any atom is 0.208 e. The summed E-state index contributed by atoms with van der Waals surface area (Å²) in [6, 6.07) is 0.0955. The van der Waals surface area contributed by atoms with Crippen molar-refractivity contribution in [3.8, 4) is 0 Å². The fourth-order valence-corrected chi connectivity index (χ4v) is 4.17. The van der Waals surface area contributed by atoms with Crippen molar-refractivity contribution in [1.29, 1.82) is 0 Å². The van der Waals surface area contributed by atoms with Gasteiger partial charge < -0.3 is 4.90 Å². The molecule has 4 nitrogen and oxygen atoms in total. The molecule has 2 rings (SSSR count). The average molecular weight is 286 g/mol. The summed E-state index contributed by atoms with van der Waals surface area (Å²) in [6.45, 7) is 7.50. The molecule has 0 aromatic heterocycles. The minimum absolute atomic E-state index is 0.0955. The number of nitrogens with one attached hydrogen (secondary N) is 1. The van der Waals surface area contributed by atoms with Crippen LogP contribution < -0.4 is 4.72 Å². The summed E-state index contributed by atoms with van der Waals surface area (Å²) in [7, 11) is -3.07. The van der Waals surface area contributed by atoms with Gasteiger partial charge in [0, 0.05) is 19.1 Å². The van der Waals surface area contributed by atoms with Crippen LogP contribution in [-0.2, 0) is 10.0 Å². The van der Waals surface area contributed by atoms with Crippen molar-refractivity contribution in [3.05, 3.63) is 11.6 Å². The maximum atomic E-state index is 11.2. The monoisotopic (exact) mass is 286 g/mol. The van der Waals surface area contributed by atoms with Crippen LogP contribution in [-0.4, -0.2) is 45.2 Å². The fourth-order valence-electron chi connectivity index (χ4n) is 3.37. The Kier molecular flexibility index (Phi) is 4.69. The zero-order valence-electron chi connectivity index (χ0n) is 12.2. The molecule has 1 aliphatic carbocycles. The Morgan fingerprint density at radius 2 is 2.16 bits per heavy atom. The predicted octanol–water partition coefficient (Wildman–Crippen LogP) is 1.60. The topological polar surface area (TPSA) is 49.4 Å². The van der Waals surface area contributed by atoms with E-state index in [2.05, 4.69) is 29.5 Å². The number of allylic oxidation sites excluding steroid dienone is 1. The van der Waals surface area contributed by atoms with Crippen molar-refractivity contribution in [1.82, 2.24) is 9.62 Å². The molecule has 1 fully saturated rings. The van der Waals surface area contributed by atoms with Gasteiger partial charge in [0.15, 0.2) is 0 Å². The van der Waals surface area contributed by atoms with Crippen LogP contribution >= 0.6 is 0 Å². The van der Waals surface area contributed by atoms with Crippen molar-refractivity contribution < 1.29 is 8.42 Å². The Morgan fingerprint density at radius 1 is 1.42 bits per heavy atom. The SMILES string of the molecule is CC1=CCC[C@H](C)[C@H]1CN1CC[C@H](NS(C)(=O)=O)C1. The molecule has 0 radical (unpaired) electrons. The molecule has 3 atom stereocenters. The van der Waals surface area contributed by atoms with Crippen molar-refractivity contribution in [2.45, 2.75) is 39.2 Å². The van der Waals surface area contributed by atoms with Gasteiger partial charge in [-0.2, -0.15) is 0 Å². The molecule has 19 heavy (non-hydrogen) atoms. The first-order valence-electron chi connectivity index (χ1n) is 7.21. The molecule has 0 aromatic carbocycles. The van der Waals surface area contributed by atoms with Gasteiger partial charge in [0.25, 0.3) is 0 Å². The third-order valence-electron chi connectivity index (χ3n) is 4.47. The van der Waals surface area contributed by atoms with Gasteiger partial charge in [0.2, 0.25) is 10.0 Å². The Labute approximate surface area is 117 Å². The van der Waals surface area contributed by atoms with Crippen LogP contribution in [0.4, 0.5) is 0 Å². The average Bonchev–Trinajstić information content (AvgIpc) is 2.69. The number of hydrogen-bond acceptors (Lipinski definition) is 3. The van der Waals surface area contributed by atoms with Gasteiger partial charge in [-0.05, 0) is 44.6 Å². The van der Waals surface area contributed by atoms with E-state index in [9.17, 15) is 8.42 Å². The second-order valence-electron chi connectivity index (χ2n) is 6.24. The number of rotatable bonds is 4. The zero-order chi connectivity index (χ0) is 14.0. The van der Waals surface area contributed by atoms with Gasteiger partial charge in [-0.3, -0.25) is 0 Å². The van der Waals surface area contributed by atoms with Gasteiger partial charge in [-0.25, -0.2) is 13.1 Å². The molecule has 1 N–H and O–H groups in total. The van der Waals surface area contributed by atoms with Crippen LogP contribution in [0.3, 0.4) is 0 Å². The molecule has 2 aliphatic rings. The van der Waals surface area contributed by atoms with Gasteiger partial charge in [0.05, 0.1) is 6.26 Å². The summed E-state index contributed by atoms with van der Waals surface area (Å²) in [5.41, 5.74) is 1.51. The summed E-state index contributed by atoms with van der Waals surface area (Å²) < 4.78 is 25.2. The van der Waals surface area contributed by atoms with E-state index in [1.54, 1.807) is 0 Å². The van der Waals surface area contributed by atoms with E-state index in [1.807, 2.05) is 0 Å². The molecule has 0 aromatic rings. The van der Waals surface area contributed by atoms with E-state index in [0.29, 0.717) is 5.92 Å². The quantitative estimate of drug-likeness (QED) is 0.799. The fraction of sp³-hybridized carbons (Fsp3) is 0.857. The molecule has 0 amide bonds. The van der Waals surface area contributed by atoms with Crippen LogP contribution in [0.25, 0.3) is 0 Å².